The zero-order valence-electron chi connectivity index (χ0n) is 7.79. The van der Waals surface area contributed by atoms with Gasteiger partial charge in [-0.15, -0.1) is 0 Å². The third-order valence-corrected chi connectivity index (χ3v) is 1.91. The molecule has 0 saturated heterocycles. The van der Waals surface area contributed by atoms with Gasteiger partial charge in [0.1, 0.15) is 5.82 Å². The summed E-state index contributed by atoms with van der Waals surface area (Å²) in [5, 5.41) is 2.93. The summed E-state index contributed by atoms with van der Waals surface area (Å²) in [6, 6.07) is 1.77. The van der Waals surface area contributed by atoms with Crippen molar-refractivity contribution in [2.75, 3.05) is 12.4 Å². The quantitative estimate of drug-likeness (QED) is 0.670. The molecule has 3 N–H and O–H groups in total. The third kappa shape index (κ3) is 1.84. The highest BCUT2D eigenvalue weighted by Crippen LogP contribution is 2.15. The van der Waals surface area contributed by atoms with Crippen molar-refractivity contribution in [3.63, 3.8) is 0 Å². The molecule has 1 aromatic rings. The number of pyridine rings is 1. The number of aromatic nitrogens is 1. The number of aryl methyl sites for hydroxylation is 1. The first-order chi connectivity index (χ1) is 6.22. The van der Waals surface area contributed by atoms with Crippen LogP contribution < -0.4 is 11.1 Å². The van der Waals surface area contributed by atoms with Crippen LogP contribution in [0.25, 0.3) is 0 Å². The van der Waals surface area contributed by atoms with E-state index in [2.05, 4.69) is 10.3 Å². The predicted molar refractivity (Wildman–Crippen MR) is 51.8 cm³/mol. The molecule has 0 aliphatic carbocycles. The fourth-order valence-corrected chi connectivity index (χ4v) is 1.16. The third-order valence-electron chi connectivity index (χ3n) is 1.91. The summed E-state index contributed by atoms with van der Waals surface area (Å²) in [4.78, 5) is 14.8. The Bertz CT molecular complexity index is 323. The number of nitrogens with two attached hydrogens (primary N) is 1. The second kappa shape index (κ2) is 4.00. The second-order valence-corrected chi connectivity index (χ2v) is 2.74. The Labute approximate surface area is 77.2 Å². The fourth-order valence-electron chi connectivity index (χ4n) is 1.16. The number of nitrogens with zero attached hydrogens (tertiary/aromatic N) is 1. The molecule has 0 aliphatic rings. The largest absolute Gasteiger partial charge is 0.373 e. The zero-order valence-corrected chi connectivity index (χ0v) is 7.79. The molecule has 1 rings (SSSR count). The summed E-state index contributed by atoms with van der Waals surface area (Å²) >= 11 is 0. The predicted octanol–water partition coefficient (Wildman–Crippen LogP) is 0.703. The van der Waals surface area contributed by atoms with Gasteiger partial charge in [0.15, 0.2) is 6.29 Å². The summed E-state index contributed by atoms with van der Waals surface area (Å²) in [5.41, 5.74) is 7.68. The monoisotopic (exact) mass is 179 g/mol. The first kappa shape index (κ1) is 9.67. The van der Waals surface area contributed by atoms with Crippen LogP contribution in [-0.2, 0) is 6.54 Å². The van der Waals surface area contributed by atoms with Gasteiger partial charge in [-0.25, -0.2) is 4.98 Å². The minimum atomic E-state index is 0.379. The van der Waals surface area contributed by atoms with Crippen LogP contribution in [0.3, 0.4) is 0 Å². The molecule has 13 heavy (non-hydrogen) atoms. The average Bonchev–Trinajstić information content (AvgIpc) is 2.17. The van der Waals surface area contributed by atoms with Gasteiger partial charge >= 0.3 is 0 Å². The Morgan fingerprint density at radius 2 is 2.38 bits per heavy atom. The highest BCUT2D eigenvalue weighted by molar-refractivity contribution is 5.77. The first-order valence-electron chi connectivity index (χ1n) is 4.06. The smallest absolute Gasteiger partial charge is 0.151 e. The molecule has 0 aliphatic heterocycles. The van der Waals surface area contributed by atoms with Crippen molar-refractivity contribution in [3.8, 4) is 0 Å². The summed E-state index contributed by atoms with van der Waals surface area (Å²) in [6.07, 6.45) is 0.793. The highest BCUT2D eigenvalue weighted by atomic mass is 16.1. The van der Waals surface area contributed by atoms with Crippen molar-refractivity contribution in [2.45, 2.75) is 13.5 Å². The van der Waals surface area contributed by atoms with Crippen LogP contribution in [0.5, 0.6) is 0 Å². The van der Waals surface area contributed by atoms with Crippen LogP contribution in [0, 0.1) is 6.92 Å². The Morgan fingerprint density at radius 3 is 2.85 bits per heavy atom. The SMILES string of the molecule is CNc1nc(C)c(C=O)cc1CN. The van der Waals surface area contributed by atoms with Crippen molar-refractivity contribution >= 4 is 12.1 Å². The minimum absolute atomic E-state index is 0.379. The molecule has 0 aromatic carbocycles. The minimum Gasteiger partial charge on any atom is -0.373 e. The van der Waals surface area contributed by atoms with Crippen molar-refractivity contribution in [3.05, 3.63) is 22.9 Å². The standard InChI is InChI=1S/C9H13N3O/c1-6-8(5-13)3-7(4-10)9(11-2)12-6/h3,5H,4,10H2,1-2H3,(H,11,12). The molecule has 0 unspecified atom stereocenters. The molecule has 4 heteroatoms. The van der Waals surface area contributed by atoms with Crippen LogP contribution >= 0.6 is 0 Å². The van der Waals surface area contributed by atoms with Crippen molar-refractivity contribution in [1.82, 2.24) is 4.98 Å². The molecule has 0 bridgehead atoms. The lowest BCUT2D eigenvalue weighted by atomic mass is 10.1. The molecule has 0 radical (unpaired) electrons. The number of aldehydes is 1. The number of rotatable bonds is 3. The molecule has 0 spiro atoms. The van der Waals surface area contributed by atoms with E-state index in [4.69, 9.17) is 5.73 Å². The summed E-state index contributed by atoms with van der Waals surface area (Å²) < 4.78 is 0. The van der Waals surface area contributed by atoms with Gasteiger partial charge in [0.25, 0.3) is 0 Å². The van der Waals surface area contributed by atoms with E-state index in [0.29, 0.717) is 12.1 Å². The van der Waals surface area contributed by atoms with Crippen LogP contribution in [0.15, 0.2) is 6.07 Å². The average molecular weight is 179 g/mol. The number of carbonyl (C=O) groups is 1. The van der Waals surface area contributed by atoms with Crippen molar-refractivity contribution in [1.29, 1.82) is 0 Å². The maximum atomic E-state index is 10.6. The van der Waals surface area contributed by atoms with E-state index < -0.39 is 0 Å². The molecule has 0 amide bonds. The molecular weight excluding hydrogens is 166 g/mol. The summed E-state index contributed by atoms with van der Waals surface area (Å²) in [7, 11) is 1.78. The lowest BCUT2D eigenvalue weighted by Crippen LogP contribution is -2.06. The maximum absolute atomic E-state index is 10.6. The molecule has 4 nitrogen and oxygen atoms in total. The van der Waals surface area contributed by atoms with Crippen molar-refractivity contribution in [2.24, 2.45) is 5.73 Å². The van der Waals surface area contributed by atoms with E-state index in [1.807, 2.05) is 0 Å². The highest BCUT2D eigenvalue weighted by Gasteiger charge is 2.05. The molecule has 1 heterocycles. The van der Waals surface area contributed by atoms with Crippen LogP contribution in [-0.4, -0.2) is 18.3 Å². The zero-order chi connectivity index (χ0) is 9.84. The number of hydrogen-bond acceptors (Lipinski definition) is 4. The number of carbonyl (C=O) groups excluding carboxylic acids is 1. The van der Waals surface area contributed by atoms with E-state index in [1.54, 1.807) is 20.0 Å². The molecule has 0 fully saturated rings. The topological polar surface area (TPSA) is 68.0 Å². The van der Waals surface area contributed by atoms with Crippen LogP contribution in [0.2, 0.25) is 0 Å². The Hall–Kier alpha value is -1.42. The van der Waals surface area contributed by atoms with E-state index in [9.17, 15) is 4.79 Å². The van der Waals surface area contributed by atoms with Gasteiger partial charge in [0, 0.05) is 24.7 Å². The van der Waals surface area contributed by atoms with Crippen LogP contribution in [0.1, 0.15) is 21.6 Å². The Morgan fingerprint density at radius 1 is 1.69 bits per heavy atom. The summed E-state index contributed by atoms with van der Waals surface area (Å²) in [5.74, 6) is 0.741. The number of anilines is 1. The molecule has 0 atom stereocenters. The lowest BCUT2D eigenvalue weighted by Gasteiger charge is -2.08. The van der Waals surface area contributed by atoms with E-state index in [1.165, 1.54) is 0 Å². The van der Waals surface area contributed by atoms with Gasteiger partial charge in [0.05, 0.1) is 5.69 Å². The number of hydrogen-bond donors (Lipinski definition) is 2. The number of nitrogens with one attached hydrogen (secondary N) is 1. The molecular formula is C9H13N3O. The molecule has 70 valence electrons. The Kier molecular flexibility index (Phi) is 2.97. The van der Waals surface area contributed by atoms with E-state index in [0.717, 1.165) is 23.4 Å². The summed E-state index contributed by atoms with van der Waals surface area (Å²) in [6.45, 7) is 2.18. The van der Waals surface area contributed by atoms with Gasteiger partial charge in [-0.1, -0.05) is 0 Å². The van der Waals surface area contributed by atoms with E-state index in [-0.39, 0.29) is 0 Å². The van der Waals surface area contributed by atoms with Gasteiger partial charge < -0.3 is 11.1 Å². The maximum Gasteiger partial charge on any atom is 0.151 e. The van der Waals surface area contributed by atoms with Gasteiger partial charge in [-0.2, -0.15) is 0 Å². The van der Waals surface area contributed by atoms with Gasteiger partial charge in [-0.05, 0) is 13.0 Å². The Balaban J connectivity index is 3.26. The van der Waals surface area contributed by atoms with Crippen LogP contribution in [0.4, 0.5) is 5.82 Å². The molecule has 0 saturated carbocycles. The van der Waals surface area contributed by atoms with Gasteiger partial charge in [0.2, 0.25) is 0 Å². The normalized spacial score (nSPS) is 9.77. The lowest BCUT2D eigenvalue weighted by molar-refractivity contribution is 0.112. The first-order valence-corrected chi connectivity index (χ1v) is 4.06. The second-order valence-electron chi connectivity index (χ2n) is 2.74. The van der Waals surface area contributed by atoms with Gasteiger partial charge in [-0.3, -0.25) is 4.79 Å². The van der Waals surface area contributed by atoms with E-state index >= 15 is 0 Å². The fraction of sp³-hybridized carbons (Fsp3) is 0.333. The molecule has 1 aromatic heterocycles. The van der Waals surface area contributed by atoms with Crippen molar-refractivity contribution < 1.29 is 4.79 Å².